The van der Waals surface area contributed by atoms with E-state index in [2.05, 4.69) is 5.32 Å². The van der Waals surface area contributed by atoms with Gasteiger partial charge in [0.1, 0.15) is 0 Å². The summed E-state index contributed by atoms with van der Waals surface area (Å²) in [6.07, 6.45) is 3.52. The zero-order valence-corrected chi connectivity index (χ0v) is 13.6. The van der Waals surface area contributed by atoms with E-state index in [1.807, 2.05) is 26.0 Å². The molecule has 0 aromatic heterocycles. The summed E-state index contributed by atoms with van der Waals surface area (Å²) >= 11 is 0. The predicted molar refractivity (Wildman–Crippen MR) is 84.1 cm³/mol. The molecule has 2 N–H and O–H groups in total. The van der Waals surface area contributed by atoms with Gasteiger partial charge in [-0.25, -0.2) is 8.42 Å². The fraction of sp³-hybridized carbons (Fsp3) is 0.625. The maximum absolute atomic E-state index is 12.9. The number of aliphatic hydroxyl groups is 1. The van der Waals surface area contributed by atoms with E-state index in [4.69, 9.17) is 0 Å². The van der Waals surface area contributed by atoms with Gasteiger partial charge in [0.15, 0.2) is 9.84 Å². The first-order chi connectivity index (χ1) is 9.95. The van der Waals surface area contributed by atoms with Crippen LogP contribution in [0.2, 0.25) is 0 Å². The van der Waals surface area contributed by atoms with Crippen molar-refractivity contribution in [1.29, 1.82) is 0 Å². The molecule has 0 spiro atoms. The summed E-state index contributed by atoms with van der Waals surface area (Å²) in [7, 11) is -3.33. The molecule has 0 bridgehead atoms. The molecule has 1 aromatic carbocycles. The summed E-state index contributed by atoms with van der Waals surface area (Å²) in [5.74, 6) is 0. The average molecular weight is 311 g/mol. The predicted octanol–water partition coefficient (Wildman–Crippen LogP) is 2.05. The number of hydrogen-bond acceptors (Lipinski definition) is 4. The molecule has 1 saturated carbocycles. The van der Waals surface area contributed by atoms with Gasteiger partial charge in [0, 0.05) is 12.1 Å². The Kier molecular flexibility index (Phi) is 5.41. The van der Waals surface area contributed by atoms with Gasteiger partial charge in [-0.05, 0) is 38.8 Å². The van der Waals surface area contributed by atoms with E-state index in [1.54, 1.807) is 12.1 Å². The largest absolute Gasteiger partial charge is 0.395 e. The highest BCUT2D eigenvalue weighted by atomic mass is 32.2. The Bertz CT molecular complexity index is 553. The van der Waals surface area contributed by atoms with Gasteiger partial charge >= 0.3 is 0 Å². The summed E-state index contributed by atoms with van der Waals surface area (Å²) in [5, 5.41) is 12.1. The number of aryl methyl sites for hydroxylation is 1. The van der Waals surface area contributed by atoms with Crippen LogP contribution >= 0.6 is 0 Å². The summed E-state index contributed by atoms with van der Waals surface area (Å²) < 4.78 is 25.8. The molecule has 1 aromatic rings. The second-order valence-corrected chi connectivity index (χ2v) is 8.20. The van der Waals surface area contributed by atoms with Crippen molar-refractivity contribution in [2.45, 2.75) is 61.8 Å². The lowest BCUT2D eigenvalue weighted by Gasteiger charge is -2.33. The van der Waals surface area contributed by atoms with Crippen molar-refractivity contribution >= 4 is 9.84 Å². The molecule has 1 aliphatic carbocycles. The molecule has 118 valence electrons. The van der Waals surface area contributed by atoms with Crippen LogP contribution in [0.5, 0.6) is 0 Å². The normalized spacial score (nSPS) is 24.7. The van der Waals surface area contributed by atoms with Gasteiger partial charge < -0.3 is 10.4 Å². The van der Waals surface area contributed by atoms with Crippen molar-refractivity contribution in [3.8, 4) is 0 Å². The fourth-order valence-electron chi connectivity index (χ4n) is 2.98. The van der Waals surface area contributed by atoms with Gasteiger partial charge in [0.25, 0.3) is 0 Å². The number of benzene rings is 1. The van der Waals surface area contributed by atoms with Crippen molar-refractivity contribution < 1.29 is 13.5 Å². The van der Waals surface area contributed by atoms with Gasteiger partial charge in [-0.3, -0.25) is 0 Å². The maximum Gasteiger partial charge on any atom is 0.182 e. The zero-order chi connectivity index (χ0) is 15.5. The molecule has 5 heteroatoms. The molecule has 1 fully saturated rings. The fourth-order valence-corrected chi connectivity index (χ4v) is 4.97. The van der Waals surface area contributed by atoms with Crippen LogP contribution in [0.1, 0.15) is 38.2 Å². The number of rotatable bonds is 5. The minimum absolute atomic E-state index is 0.0216. The Balaban J connectivity index is 2.25. The van der Waals surface area contributed by atoms with Gasteiger partial charge in [-0.1, -0.05) is 30.5 Å². The average Bonchev–Trinajstić information content (AvgIpc) is 2.48. The zero-order valence-electron chi connectivity index (χ0n) is 12.7. The minimum Gasteiger partial charge on any atom is -0.395 e. The lowest BCUT2D eigenvalue weighted by Crippen LogP contribution is -2.50. The lowest BCUT2D eigenvalue weighted by molar-refractivity contribution is 0.228. The van der Waals surface area contributed by atoms with Crippen LogP contribution in [0, 0.1) is 6.92 Å². The van der Waals surface area contributed by atoms with Crippen LogP contribution in [0.15, 0.2) is 29.2 Å². The van der Waals surface area contributed by atoms with Crippen molar-refractivity contribution in [2.24, 2.45) is 0 Å². The Labute approximate surface area is 127 Å². The maximum atomic E-state index is 12.9. The van der Waals surface area contributed by atoms with Gasteiger partial charge in [0.05, 0.1) is 16.8 Å². The first-order valence-electron chi connectivity index (χ1n) is 7.62. The molecule has 1 aliphatic rings. The number of hydrogen-bond donors (Lipinski definition) is 2. The Morgan fingerprint density at radius 2 is 1.86 bits per heavy atom. The number of aliphatic hydroxyl groups excluding tert-OH is 1. The molecular formula is C16H25NO3S. The molecule has 21 heavy (non-hydrogen) atoms. The third-order valence-corrected chi connectivity index (χ3v) is 6.51. The third kappa shape index (κ3) is 3.84. The molecule has 0 unspecified atom stereocenters. The van der Waals surface area contributed by atoms with Crippen LogP contribution in [0.4, 0.5) is 0 Å². The quantitative estimate of drug-likeness (QED) is 0.873. The molecular weight excluding hydrogens is 286 g/mol. The molecule has 0 aliphatic heterocycles. The van der Waals surface area contributed by atoms with Crippen LogP contribution < -0.4 is 5.32 Å². The molecule has 0 amide bonds. The highest BCUT2D eigenvalue weighted by Crippen LogP contribution is 2.29. The molecule has 0 heterocycles. The number of nitrogens with one attached hydrogen (secondary N) is 1. The first kappa shape index (κ1) is 16.5. The van der Waals surface area contributed by atoms with Crippen LogP contribution in [0.3, 0.4) is 0 Å². The third-order valence-electron chi connectivity index (χ3n) is 4.22. The Morgan fingerprint density at radius 1 is 1.24 bits per heavy atom. The second kappa shape index (κ2) is 6.90. The van der Waals surface area contributed by atoms with E-state index in [0.717, 1.165) is 24.8 Å². The van der Waals surface area contributed by atoms with Crippen molar-refractivity contribution in [2.75, 3.05) is 6.61 Å². The topological polar surface area (TPSA) is 66.4 Å². The second-order valence-electron chi connectivity index (χ2n) is 6.04. The SMILES string of the molecule is Cc1ccc(S(=O)(=O)[C@H]2CCCC[C@@H]2N[C@@H](C)CO)cc1. The first-order valence-corrected chi connectivity index (χ1v) is 9.17. The highest BCUT2D eigenvalue weighted by Gasteiger charge is 2.36. The van der Waals surface area contributed by atoms with E-state index in [-0.39, 0.29) is 18.7 Å². The Hall–Kier alpha value is -0.910. The smallest absolute Gasteiger partial charge is 0.182 e. The summed E-state index contributed by atoms with van der Waals surface area (Å²) in [5.41, 5.74) is 1.06. The van der Waals surface area contributed by atoms with Crippen LogP contribution in [-0.2, 0) is 9.84 Å². The van der Waals surface area contributed by atoms with Gasteiger partial charge in [-0.2, -0.15) is 0 Å². The molecule has 0 saturated heterocycles. The van der Waals surface area contributed by atoms with Crippen molar-refractivity contribution in [3.05, 3.63) is 29.8 Å². The Morgan fingerprint density at radius 3 is 2.48 bits per heavy atom. The van der Waals surface area contributed by atoms with E-state index >= 15 is 0 Å². The minimum atomic E-state index is -3.33. The van der Waals surface area contributed by atoms with Gasteiger partial charge in [0.2, 0.25) is 0 Å². The lowest BCUT2D eigenvalue weighted by atomic mass is 9.94. The van der Waals surface area contributed by atoms with E-state index < -0.39 is 15.1 Å². The summed E-state index contributed by atoms with van der Waals surface area (Å²) in [4.78, 5) is 0.406. The van der Waals surface area contributed by atoms with E-state index in [0.29, 0.717) is 11.3 Å². The van der Waals surface area contributed by atoms with Crippen LogP contribution in [-0.4, -0.2) is 37.5 Å². The van der Waals surface area contributed by atoms with Crippen LogP contribution in [0.25, 0.3) is 0 Å². The van der Waals surface area contributed by atoms with Gasteiger partial charge in [-0.15, -0.1) is 0 Å². The van der Waals surface area contributed by atoms with Crippen molar-refractivity contribution in [3.63, 3.8) is 0 Å². The monoisotopic (exact) mass is 311 g/mol. The van der Waals surface area contributed by atoms with E-state index in [1.165, 1.54) is 0 Å². The molecule has 0 radical (unpaired) electrons. The highest BCUT2D eigenvalue weighted by molar-refractivity contribution is 7.92. The van der Waals surface area contributed by atoms with E-state index in [9.17, 15) is 13.5 Å². The summed E-state index contributed by atoms with van der Waals surface area (Å²) in [6.45, 7) is 3.85. The number of sulfone groups is 1. The summed E-state index contributed by atoms with van der Waals surface area (Å²) in [6, 6.07) is 6.93. The molecule has 2 rings (SSSR count). The van der Waals surface area contributed by atoms with Crippen molar-refractivity contribution in [1.82, 2.24) is 5.32 Å². The molecule has 4 nitrogen and oxygen atoms in total. The standard InChI is InChI=1S/C16H25NO3S/c1-12-7-9-14(10-8-12)21(19,20)16-6-4-3-5-15(16)17-13(2)11-18/h7-10,13,15-18H,3-6,11H2,1-2H3/t13-,15-,16-/m0/s1. The molecule has 3 atom stereocenters.